The van der Waals surface area contributed by atoms with Crippen molar-refractivity contribution in [2.75, 3.05) is 13.1 Å². The van der Waals surface area contributed by atoms with Crippen LogP contribution in [0.3, 0.4) is 0 Å². The maximum Gasteiger partial charge on any atom is 0.253 e. The van der Waals surface area contributed by atoms with Crippen molar-refractivity contribution < 1.29 is 4.79 Å². The summed E-state index contributed by atoms with van der Waals surface area (Å²) in [6.45, 7) is 5.55. The Balaban J connectivity index is 2.85. The van der Waals surface area contributed by atoms with Crippen LogP contribution in [0.5, 0.6) is 0 Å². The van der Waals surface area contributed by atoms with E-state index < -0.39 is 0 Å². The van der Waals surface area contributed by atoms with E-state index in [0.717, 1.165) is 25.1 Å². The fraction of sp³-hybridized carbons (Fsp3) is 0.385. The van der Waals surface area contributed by atoms with Gasteiger partial charge in [0.1, 0.15) is 4.99 Å². The van der Waals surface area contributed by atoms with E-state index in [9.17, 15) is 4.79 Å². The highest BCUT2D eigenvalue weighted by Gasteiger charge is 2.12. The molecule has 1 aromatic rings. The molecular formula is C13H18N2OS. The number of rotatable bonds is 5. The van der Waals surface area contributed by atoms with Crippen LogP contribution in [0.1, 0.15) is 36.2 Å². The number of thiocarbonyl (C=S) groups is 1. The molecule has 0 aliphatic rings. The summed E-state index contributed by atoms with van der Waals surface area (Å²) in [4.78, 5) is 14.3. The molecule has 0 heterocycles. The fourth-order valence-corrected chi connectivity index (χ4v) is 1.77. The average molecular weight is 250 g/mol. The van der Waals surface area contributed by atoms with Gasteiger partial charge >= 0.3 is 0 Å². The highest BCUT2D eigenvalue weighted by atomic mass is 32.1. The summed E-state index contributed by atoms with van der Waals surface area (Å²) in [7, 11) is 0. The van der Waals surface area contributed by atoms with Gasteiger partial charge in [-0.15, -0.1) is 0 Å². The Morgan fingerprint density at radius 3 is 2.18 bits per heavy atom. The third-order valence-corrected chi connectivity index (χ3v) is 2.81. The first-order valence-corrected chi connectivity index (χ1v) is 6.20. The number of benzene rings is 1. The van der Waals surface area contributed by atoms with Crippen molar-refractivity contribution in [3.05, 3.63) is 35.4 Å². The lowest BCUT2D eigenvalue weighted by molar-refractivity contribution is 0.0764. The van der Waals surface area contributed by atoms with Crippen molar-refractivity contribution in [2.45, 2.75) is 20.3 Å². The Bertz CT molecular complexity index is 400. The number of hydrogen-bond donors (Lipinski definition) is 1. The Labute approximate surface area is 108 Å². The Morgan fingerprint density at radius 1 is 1.24 bits per heavy atom. The van der Waals surface area contributed by atoms with Gasteiger partial charge < -0.3 is 10.6 Å². The maximum atomic E-state index is 12.1. The predicted molar refractivity (Wildman–Crippen MR) is 74.2 cm³/mol. The number of amides is 1. The summed E-state index contributed by atoms with van der Waals surface area (Å²) in [5.41, 5.74) is 6.98. The summed E-state index contributed by atoms with van der Waals surface area (Å²) in [6, 6.07) is 7.12. The first-order chi connectivity index (χ1) is 8.10. The Morgan fingerprint density at radius 2 is 1.76 bits per heavy atom. The molecule has 1 amide bonds. The number of carbonyl (C=O) groups excluding carboxylic acids is 1. The topological polar surface area (TPSA) is 46.3 Å². The van der Waals surface area contributed by atoms with Crippen molar-refractivity contribution >= 4 is 23.1 Å². The minimum absolute atomic E-state index is 0.0591. The summed E-state index contributed by atoms with van der Waals surface area (Å²) in [5.74, 6) is 0.0591. The molecule has 17 heavy (non-hydrogen) atoms. The minimum Gasteiger partial charge on any atom is -0.389 e. The fourth-order valence-electron chi connectivity index (χ4n) is 1.63. The lowest BCUT2D eigenvalue weighted by Gasteiger charge is -2.20. The van der Waals surface area contributed by atoms with Crippen LogP contribution in [0.25, 0.3) is 0 Å². The van der Waals surface area contributed by atoms with Crippen LogP contribution >= 0.6 is 12.2 Å². The molecule has 0 aliphatic carbocycles. The minimum atomic E-state index is 0.0591. The van der Waals surface area contributed by atoms with Crippen molar-refractivity contribution in [1.82, 2.24) is 4.90 Å². The first-order valence-electron chi connectivity index (χ1n) is 5.79. The SMILES string of the molecule is CCCN(CC)C(=O)c1ccc(C(N)=S)cc1. The zero-order chi connectivity index (χ0) is 12.8. The molecule has 0 spiro atoms. The quantitative estimate of drug-likeness (QED) is 0.815. The van der Waals surface area contributed by atoms with E-state index in [2.05, 4.69) is 6.92 Å². The second-order valence-electron chi connectivity index (χ2n) is 3.83. The smallest absolute Gasteiger partial charge is 0.253 e. The summed E-state index contributed by atoms with van der Waals surface area (Å²) >= 11 is 4.87. The number of nitrogens with two attached hydrogens (primary N) is 1. The van der Waals surface area contributed by atoms with Crippen LogP contribution in [-0.2, 0) is 0 Å². The van der Waals surface area contributed by atoms with E-state index in [4.69, 9.17) is 18.0 Å². The summed E-state index contributed by atoms with van der Waals surface area (Å²) in [6.07, 6.45) is 0.963. The molecule has 1 rings (SSSR count). The number of nitrogens with zero attached hydrogens (tertiary/aromatic N) is 1. The standard InChI is InChI=1S/C13H18N2OS/c1-3-9-15(4-2)13(16)11-7-5-10(6-8-11)12(14)17/h5-8H,3-4,9H2,1-2H3,(H2,14,17). The monoisotopic (exact) mass is 250 g/mol. The zero-order valence-corrected chi connectivity index (χ0v) is 11.1. The van der Waals surface area contributed by atoms with Crippen molar-refractivity contribution in [2.24, 2.45) is 5.73 Å². The molecule has 0 fully saturated rings. The van der Waals surface area contributed by atoms with E-state index in [1.807, 2.05) is 11.8 Å². The van der Waals surface area contributed by atoms with E-state index in [1.165, 1.54) is 0 Å². The predicted octanol–water partition coefficient (Wildman–Crippen LogP) is 2.19. The van der Waals surface area contributed by atoms with Crippen molar-refractivity contribution in [3.63, 3.8) is 0 Å². The van der Waals surface area contributed by atoms with Gasteiger partial charge in [-0.2, -0.15) is 0 Å². The molecule has 1 aromatic carbocycles. The van der Waals surface area contributed by atoms with E-state index in [-0.39, 0.29) is 5.91 Å². The van der Waals surface area contributed by atoms with Gasteiger partial charge in [-0.1, -0.05) is 31.3 Å². The van der Waals surface area contributed by atoms with Gasteiger partial charge in [0, 0.05) is 24.2 Å². The molecule has 4 heteroatoms. The van der Waals surface area contributed by atoms with Gasteiger partial charge in [-0.05, 0) is 25.5 Å². The van der Waals surface area contributed by atoms with Crippen molar-refractivity contribution in [1.29, 1.82) is 0 Å². The van der Waals surface area contributed by atoms with E-state index >= 15 is 0 Å². The first kappa shape index (κ1) is 13.6. The van der Waals surface area contributed by atoms with Gasteiger partial charge in [0.15, 0.2) is 0 Å². The second-order valence-corrected chi connectivity index (χ2v) is 4.27. The maximum absolute atomic E-state index is 12.1. The highest BCUT2D eigenvalue weighted by molar-refractivity contribution is 7.80. The number of carbonyl (C=O) groups is 1. The van der Waals surface area contributed by atoms with E-state index in [1.54, 1.807) is 24.3 Å². The number of hydrogen-bond acceptors (Lipinski definition) is 2. The molecule has 0 radical (unpaired) electrons. The van der Waals surface area contributed by atoms with Crippen LogP contribution < -0.4 is 5.73 Å². The lowest BCUT2D eigenvalue weighted by atomic mass is 10.1. The van der Waals surface area contributed by atoms with Crippen LogP contribution in [-0.4, -0.2) is 28.9 Å². The third kappa shape index (κ3) is 3.53. The summed E-state index contributed by atoms with van der Waals surface area (Å²) in [5, 5.41) is 0. The Hall–Kier alpha value is -1.42. The molecule has 2 N–H and O–H groups in total. The normalized spacial score (nSPS) is 10.0. The molecule has 92 valence electrons. The van der Waals surface area contributed by atoms with Crippen molar-refractivity contribution in [3.8, 4) is 0 Å². The molecule has 0 saturated heterocycles. The highest BCUT2D eigenvalue weighted by Crippen LogP contribution is 2.08. The molecule has 0 atom stereocenters. The molecule has 3 nitrogen and oxygen atoms in total. The lowest BCUT2D eigenvalue weighted by Crippen LogP contribution is -2.31. The Kier molecular flexibility index (Phi) is 5.10. The third-order valence-electron chi connectivity index (χ3n) is 2.58. The molecule has 0 unspecified atom stereocenters. The van der Waals surface area contributed by atoms with Crippen LogP contribution in [0, 0.1) is 0 Å². The van der Waals surface area contributed by atoms with Crippen LogP contribution in [0.15, 0.2) is 24.3 Å². The molecule has 0 bridgehead atoms. The average Bonchev–Trinajstić information content (AvgIpc) is 2.35. The molecule has 0 aromatic heterocycles. The van der Waals surface area contributed by atoms with Gasteiger partial charge in [0.05, 0.1) is 0 Å². The largest absolute Gasteiger partial charge is 0.389 e. The van der Waals surface area contributed by atoms with Crippen LogP contribution in [0.4, 0.5) is 0 Å². The van der Waals surface area contributed by atoms with Crippen LogP contribution in [0.2, 0.25) is 0 Å². The van der Waals surface area contributed by atoms with Gasteiger partial charge in [-0.25, -0.2) is 0 Å². The van der Waals surface area contributed by atoms with Gasteiger partial charge in [0.2, 0.25) is 0 Å². The zero-order valence-electron chi connectivity index (χ0n) is 10.3. The molecular weight excluding hydrogens is 232 g/mol. The van der Waals surface area contributed by atoms with Gasteiger partial charge in [-0.3, -0.25) is 4.79 Å². The van der Waals surface area contributed by atoms with Gasteiger partial charge in [0.25, 0.3) is 5.91 Å². The van der Waals surface area contributed by atoms with E-state index in [0.29, 0.717) is 10.6 Å². The molecule has 0 saturated carbocycles. The molecule has 0 aliphatic heterocycles. The second kappa shape index (κ2) is 6.35. The summed E-state index contributed by atoms with van der Waals surface area (Å²) < 4.78 is 0.